The number of hydrogen-bond acceptors (Lipinski definition) is 5. The van der Waals surface area contributed by atoms with Crippen LogP contribution in [0.25, 0.3) is 11.1 Å². The normalized spacial score (nSPS) is 11.3. The Balaban J connectivity index is 1.79. The van der Waals surface area contributed by atoms with E-state index in [2.05, 4.69) is 10.6 Å². The van der Waals surface area contributed by atoms with Crippen molar-refractivity contribution in [1.82, 2.24) is 10.6 Å². The first-order valence-electron chi connectivity index (χ1n) is 9.11. The van der Waals surface area contributed by atoms with Crippen molar-refractivity contribution in [2.75, 3.05) is 19.8 Å². The quantitative estimate of drug-likeness (QED) is 0.610. The predicted molar refractivity (Wildman–Crippen MR) is 110 cm³/mol. The molecule has 0 aromatic heterocycles. The molecule has 0 saturated heterocycles. The number of likely N-dealkylation sites (N-methyl/N-ethyl adjacent to an activating group) is 1. The summed E-state index contributed by atoms with van der Waals surface area (Å²) >= 11 is 6.22. The number of hydrogen-bond donors (Lipinski definition) is 2. The summed E-state index contributed by atoms with van der Waals surface area (Å²) in [5.41, 5.74) is 1.93. The molecule has 0 fully saturated rings. The van der Waals surface area contributed by atoms with Crippen LogP contribution in [0.2, 0.25) is 5.02 Å². The van der Waals surface area contributed by atoms with Gasteiger partial charge in [0.05, 0.1) is 5.02 Å². The molecule has 0 aliphatic rings. The van der Waals surface area contributed by atoms with Crippen LogP contribution < -0.4 is 15.4 Å². The van der Waals surface area contributed by atoms with E-state index in [1.807, 2.05) is 36.4 Å². The Bertz CT molecular complexity index is 857. The van der Waals surface area contributed by atoms with Gasteiger partial charge in [0, 0.05) is 6.54 Å². The maximum Gasteiger partial charge on any atom is 0.344 e. The summed E-state index contributed by atoms with van der Waals surface area (Å²) in [6.07, 6.45) is 0. The molecule has 0 bridgehead atoms. The van der Waals surface area contributed by atoms with E-state index in [0.717, 1.165) is 11.1 Å². The van der Waals surface area contributed by atoms with Gasteiger partial charge < -0.3 is 20.1 Å². The molecule has 0 radical (unpaired) electrons. The zero-order chi connectivity index (χ0) is 21.2. The average Bonchev–Trinajstić information content (AvgIpc) is 2.72. The summed E-state index contributed by atoms with van der Waals surface area (Å²) in [5, 5.41) is 5.37. The van der Waals surface area contributed by atoms with Crippen LogP contribution >= 0.6 is 11.6 Å². The first-order valence-corrected chi connectivity index (χ1v) is 9.49. The molecule has 0 aliphatic carbocycles. The van der Waals surface area contributed by atoms with Gasteiger partial charge in [0.25, 0.3) is 5.91 Å². The Hall–Kier alpha value is -3.06. The third-order valence-corrected chi connectivity index (χ3v) is 4.17. The Morgan fingerprint density at radius 3 is 2.41 bits per heavy atom. The fraction of sp³-hybridized carbons (Fsp3) is 0.286. The zero-order valence-corrected chi connectivity index (χ0v) is 17.0. The molecule has 8 heteroatoms. The monoisotopic (exact) mass is 418 g/mol. The number of carbonyl (C=O) groups is 3. The van der Waals surface area contributed by atoms with Crippen molar-refractivity contribution >= 4 is 29.4 Å². The van der Waals surface area contributed by atoms with Gasteiger partial charge in [-0.15, -0.1) is 0 Å². The number of rotatable bonds is 9. The minimum Gasteiger partial charge on any atom is -0.480 e. The van der Waals surface area contributed by atoms with E-state index in [4.69, 9.17) is 21.1 Å². The zero-order valence-electron chi connectivity index (χ0n) is 16.2. The van der Waals surface area contributed by atoms with E-state index in [-0.39, 0.29) is 5.91 Å². The maximum atomic E-state index is 11.8. The molecular formula is C21H23ClN2O5. The van der Waals surface area contributed by atoms with Crippen molar-refractivity contribution in [1.29, 1.82) is 0 Å². The van der Waals surface area contributed by atoms with Crippen molar-refractivity contribution in [3.8, 4) is 16.9 Å². The summed E-state index contributed by atoms with van der Waals surface area (Å²) in [5.74, 6) is -1.29. The summed E-state index contributed by atoms with van der Waals surface area (Å²) in [4.78, 5) is 35.1. The first-order chi connectivity index (χ1) is 13.9. The lowest BCUT2D eigenvalue weighted by Gasteiger charge is -2.13. The van der Waals surface area contributed by atoms with Crippen LogP contribution in [-0.2, 0) is 19.1 Å². The van der Waals surface area contributed by atoms with Crippen molar-refractivity contribution < 1.29 is 23.9 Å². The van der Waals surface area contributed by atoms with E-state index in [1.54, 1.807) is 19.1 Å². The lowest BCUT2D eigenvalue weighted by atomic mass is 10.1. The molecule has 2 aromatic rings. The van der Waals surface area contributed by atoms with Crippen LogP contribution in [0.5, 0.6) is 5.75 Å². The van der Waals surface area contributed by atoms with Crippen LogP contribution in [0.1, 0.15) is 13.8 Å². The average molecular weight is 419 g/mol. The molecule has 2 N–H and O–H groups in total. The number of benzene rings is 2. The van der Waals surface area contributed by atoms with E-state index in [1.165, 1.54) is 6.92 Å². The van der Waals surface area contributed by atoms with Crippen molar-refractivity contribution in [2.24, 2.45) is 0 Å². The second-order valence-electron chi connectivity index (χ2n) is 6.14. The number of nitrogens with one attached hydrogen (secondary N) is 2. The molecule has 29 heavy (non-hydrogen) atoms. The van der Waals surface area contributed by atoms with Gasteiger partial charge in [-0.1, -0.05) is 48.0 Å². The highest BCUT2D eigenvalue weighted by Crippen LogP contribution is 2.30. The van der Waals surface area contributed by atoms with Crippen LogP contribution in [0, 0.1) is 0 Å². The van der Waals surface area contributed by atoms with E-state index >= 15 is 0 Å². The fourth-order valence-corrected chi connectivity index (χ4v) is 2.66. The second kappa shape index (κ2) is 11.1. The van der Waals surface area contributed by atoms with Gasteiger partial charge in [-0.3, -0.25) is 9.59 Å². The fourth-order valence-electron chi connectivity index (χ4n) is 2.43. The minimum atomic E-state index is -0.728. The Kier molecular flexibility index (Phi) is 8.48. The molecule has 0 unspecified atom stereocenters. The van der Waals surface area contributed by atoms with E-state index in [0.29, 0.717) is 17.3 Å². The van der Waals surface area contributed by atoms with Crippen LogP contribution in [0.4, 0.5) is 0 Å². The SMILES string of the molecule is CCNC(=O)[C@@H](C)NC(=O)COC(=O)COc1ccc(-c2ccccc2)cc1Cl. The summed E-state index contributed by atoms with van der Waals surface area (Å²) in [6.45, 7) is 2.86. The Labute approximate surface area is 174 Å². The van der Waals surface area contributed by atoms with Crippen molar-refractivity contribution in [3.63, 3.8) is 0 Å². The summed E-state index contributed by atoms with van der Waals surface area (Å²) in [6, 6.07) is 14.2. The Morgan fingerprint density at radius 2 is 1.76 bits per heavy atom. The minimum absolute atomic E-state index is 0.316. The maximum absolute atomic E-state index is 11.8. The third kappa shape index (κ3) is 7.12. The predicted octanol–water partition coefficient (Wildman–Crippen LogP) is 2.57. The van der Waals surface area contributed by atoms with Crippen LogP contribution in [0.15, 0.2) is 48.5 Å². The molecule has 2 rings (SSSR count). The largest absolute Gasteiger partial charge is 0.480 e. The third-order valence-electron chi connectivity index (χ3n) is 3.87. The smallest absolute Gasteiger partial charge is 0.344 e. The van der Waals surface area contributed by atoms with Gasteiger partial charge in [-0.25, -0.2) is 4.79 Å². The number of esters is 1. The molecule has 1 atom stereocenters. The second-order valence-corrected chi connectivity index (χ2v) is 6.55. The van der Waals surface area contributed by atoms with Crippen LogP contribution in [-0.4, -0.2) is 43.6 Å². The highest BCUT2D eigenvalue weighted by molar-refractivity contribution is 6.32. The Morgan fingerprint density at radius 1 is 1.03 bits per heavy atom. The lowest BCUT2D eigenvalue weighted by Crippen LogP contribution is -2.46. The molecule has 2 amide bonds. The van der Waals surface area contributed by atoms with Gasteiger partial charge in [0.1, 0.15) is 11.8 Å². The van der Waals surface area contributed by atoms with Gasteiger partial charge in [-0.05, 0) is 37.1 Å². The molecular weight excluding hydrogens is 396 g/mol. The van der Waals surface area contributed by atoms with Crippen molar-refractivity contribution in [3.05, 3.63) is 53.6 Å². The lowest BCUT2D eigenvalue weighted by molar-refractivity contribution is -0.150. The van der Waals surface area contributed by atoms with Gasteiger partial charge in [0.15, 0.2) is 13.2 Å². The van der Waals surface area contributed by atoms with Gasteiger partial charge in [0.2, 0.25) is 5.91 Å². The first kappa shape index (κ1) is 22.2. The van der Waals surface area contributed by atoms with Gasteiger partial charge >= 0.3 is 5.97 Å². The topological polar surface area (TPSA) is 93.7 Å². The molecule has 0 spiro atoms. The number of ether oxygens (including phenoxy) is 2. The standard InChI is InChI=1S/C21H23ClN2O5/c1-3-23-21(27)14(2)24-19(25)12-29-20(26)13-28-18-10-9-16(11-17(18)22)15-7-5-4-6-8-15/h4-11,14H,3,12-13H2,1-2H3,(H,23,27)(H,24,25)/t14-/m1/s1. The molecule has 0 aliphatic heterocycles. The molecule has 2 aromatic carbocycles. The molecule has 0 saturated carbocycles. The highest BCUT2D eigenvalue weighted by atomic mass is 35.5. The number of halogens is 1. The molecule has 7 nitrogen and oxygen atoms in total. The van der Waals surface area contributed by atoms with E-state index < -0.39 is 31.1 Å². The highest BCUT2D eigenvalue weighted by Gasteiger charge is 2.16. The number of amides is 2. The summed E-state index contributed by atoms with van der Waals surface area (Å²) < 4.78 is 10.2. The molecule has 0 heterocycles. The number of carbonyl (C=O) groups excluding carboxylic acids is 3. The van der Waals surface area contributed by atoms with Crippen LogP contribution in [0.3, 0.4) is 0 Å². The molecule has 154 valence electrons. The van der Waals surface area contributed by atoms with Gasteiger partial charge in [-0.2, -0.15) is 0 Å². The van der Waals surface area contributed by atoms with Crippen molar-refractivity contribution in [2.45, 2.75) is 19.9 Å². The summed E-state index contributed by atoms with van der Waals surface area (Å²) in [7, 11) is 0. The van der Waals surface area contributed by atoms with E-state index in [9.17, 15) is 14.4 Å².